The second-order valence-electron chi connectivity index (χ2n) is 6.09. The molecule has 1 unspecified atom stereocenters. The Balaban J connectivity index is 1.79. The summed E-state index contributed by atoms with van der Waals surface area (Å²) in [5.41, 5.74) is 2.03. The third kappa shape index (κ3) is 3.74. The minimum atomic E-state index is -0.275. The number of ether oxygens (including phenoxy) is 1. The topological polar surface area (TPSA) is 70.7 Å². The van der Waals surface area contributed by atoms with Crippen molar-refractivity contribution in [3.05, 3.63) is 54.1 Å². The number of rotatable bonds is 3. The number of fused-ring (bicyclic) bond motifs is 1. The molecule has 1 aliphatic rings. The molecule has 6 nitrogen and oxygen atoms in total. The Hall–Kier alpha value is -3.02. The standard InChI is InChI=1S/C19H21N3O3/c1-22(2)19(24)21-16-9-5-4-8-15(16)20-18(23)14-11-12-25-17-10-6-3-7-13(14)17/h3-10,14H,11-12H2,1-2H3,(H,20,23)(H,21,24). The molecular weight excluding hydrogens is 318 g/mol. The van der Waals surface area contributed by atoms with Gasteiger partial charge in [-0.25, -0.2) is 4.79 Å². The molecular formula is C19H21N3O3. The molecule has 2 N–H and O–H groups in total. The van der Waals surface area contributed by atoms with Gasteiger partial charge in [-0.1, -0.05) is 30.3 Å². The second-order valence-corrected chi connectivity index (χ2v) is 6.09. The van der Waals surface area contributed by atoms with Gasteiger partial charge in [0, 0.05) is 19.7 Å². The van der Waals surface area contributed by atoms with Gasteiger partial charge in [0.15, 0.2) is 0 Å². The van der Waals surface area contributed by atoms with Crippen molar-refractivity contribution in [1.29, 1.82) is 0 Å². The molecule has 6 heteroatoms. The first-order valence-electron chi connectivity index (χ1n) is 8.16. The average Bonchev–Trinajstić information content (AvgIpc) is 2.62. The lowest BCUT2D eigenvalue weighted by Gasteiger charge is -2.25. The Kier molecular flexibility index (Phi) is 4.88. The molecule has 3 rings (SSSR count). The number of nitrogens with one attached hydrogen (secondary N) is 2. The molecule has 1 heterocycles. The molecule has 2 aromatic rings. The Morgan fingerprint density at radius 3 is 2.36 bits per heavy atom. The summed E-state index contributed by atoms with van der Waals surface area (Å²) in [6.45, 7) is 0.508. The molecule has 25 heavy (non-hydrogen) atoms. The van der Waals surface area contributed by atoms with Gasteiger partial charge >= 0.3 is 6.03 Å². The average molecular weight is 339 g/mol. The molecule has 1 aliphatic heterocycles. The van der Waals surface area contributed by atoms with Crippen LogP contribution in [-0.2, 0) is 4.79 Å². The largest absolute Gasteiger partial charge is 0.493 e. The first-order chi connectivity index (χ1) is 12.1. The molecule has 3 amide bonds. The van der Waals surface area contributed by atoms with Crippen LogP contribution in [0.15, 0.2) is 48.5 Å². The van der Waals surface area contributed by atoms with E-state index in [1.165, 1.54) is 4.90 Å². The maximum atomic E-state index is 12.8. The number of anilines is 2. The van der Waals surface area contributed by atoms with Crippen LogP contribution in [0.1, 0.15) is 17.9 Å². The summed E-state index contributed by atoms with van der Waals surface area (Å²) in [5.74, 6) is 0.368. The quantitative estimate of drug-likeness (QED) is 0.901. The van der Waals surface area contributed by atoms with Crippen molar-refractivity contribution in [1.82, 2.24) is 4.90 Å². The van der Waals surface area contributed by atoms with Gasteiger partial charge in [-0.05, 0) is 24.6 Å². The molecule has 130 valence electrons. The third-order valence-corrected chi connectivity index (χ3v) is 4.11. The van der Waals surface area contributed by atoms with Gasteiger partial charge in [0.2, 0.25) is 5.91 Å². The number of hydrogen-bond donors (Lipinski definition) is 2. The van der Waals surface area contributed by atoms with Gasteiger partial charge in [0.05, 0.1) is 23.9 Å². The van der Waals surface area contributed by atoms with Crippen molar-refractivity contribution in [2.75, 3.05) is 31.3 Å². The zero-order chi connectivity index (χ0) is 17.8. The fourth-order valence-electron chi connectivity index (χ4n) is 2.76. The highest BCUT2D eigenvalue weighted by molar-refractivity contribution is 6.01. The van der Waals surface area contributed by atoms with E-state index < -0.39 is 0 Å². The van der Waals surface area contributed by atoms with Crippen molar-refractivity contribution in [2.45, 2.75) is 12.3 Å². The van der Waals surface area contributed by atoms with Gasteiger partial charge in [0.25, 0.3) is 0 Å². The highest BCUT2D eigenvalue weighted by atomic mass is 16.5. The summed E-state index contributed by atoms with van der Waals surface area (Å²) in [7, 11) is 3.32. The van der Waals surface area contributed by atoms with E-state index in [-0.39, 0.29) is 17.9 Å². The molecule has 0 saturated heterocycles. The first-order valence-corrected chi connectivity index (χ1v) is 8.16. The summed E-state index contributed by atoms with van der Waals surface area (Å²) < 4.78 is 5.61. The number of para-hydroxylation sites is 3. The van der Waals surface area contributed by atoms with E-state index in [2.05, 4.69) is 10.6 Å². The lowest BCUT2D eigenvalue weighted by molar-refractivity contribution is -0.118. The van der Waals surface area contributed by atoms with Crippen LogP contribution in [0, 0.1) is 0 Å². The van der Waals surface area contributed by atoms with E-state index in [4.69, 9.17) is 4.74 Å². The molecule has 0 radical (unpaired) electrons. The van der Waals surface area contributed by atoms with Gasteiger partial charge in [-0.15, -0.1) is 0 Å². The third-order valence-electron chi connectivity index (χ3n) is 4.11. The molecule has 0 saturated carbocycles. The second kappa shape index (κ2) is 7.25. The molecule has 2 aromatic carbocycles. The predicted octanol–water partition coefficient (Wildman–Crippen LogP) is 3.28. The maximum Gasteiger partial charge on any atom is 0.321 e. The SMILES string of the molecule is CN(C)C(=O)Nc1ccccc1NC(=O)C1CCOc2ccccc21. The zero-order valence-corrected chi connectivity index (χ0v) is 14.3. The van der Waals surface area contributed by atoms with E-state index in [1.54, 1.807) is 26.2 Å². The smallest absolute Gasteiger partial charge is 0.321 e. The van der Waals surface area contributed by atoms with Gasteiger partial charge < -0.3 is 20.3 Å². The van der Waals surface area contributed by atoms with Crippen LogP contribution in [-0.4, -0.2) is 37.5 Å². The van der Waals surface area contributed by atoms with E-state index in [9.17, 15) is 9.59 Å². The number of amides is 3. The van der Waals surface area contributed by atoms with Crippen LogP contribution >= 0.6 is 0 Å². The summed E-state index contributed by atoms with van der Waals surface area (Å²) in [4.78, 5) is 26.2. The number of benzene rings is 2. The molecule has 0 fully saturated rings. The maximum absolute atomic E-state index is 12.8. The van der Waals surface area contributed by atoms with Crippen LogP contribution in [0.2, 0.25) is 0 Å². The van der Waals surface area contributed by atoms with E-state index in [0.29, 0.717) is 24.4 Å². The highest BCUT2D eigenvalue weighted by Crippen LogP contribution is 2.34. The molecule has 0 spiro atoms. The van der Waals surface area contributed by atoms with Crippen molar-refractivity contribution in [2.24, 2.45) is 0 Å². The van der Waals surface area contributed by atoms with E-state index in [1.807, 2.05) is 36.4 Å². The zero-order valence-electron chi connectivity index (χ0n) is 14.3. The summed E-state index contributed by atoms with van der Waals surface area (Å²) >= 11 is 0. The van der Waals surface area contributed by atoms with Crippen LogP contribution in [0.5, 0.6) is 5.75 Å². The van der Waals surface area contributed by atoms with Crippen molar-refractivity contribution in [3.8, 4) is 5.75 Å². The molecule has 1 atom stereocenters. The Morgan fingerprint density at radius 2 is 1.64 bits per heavy atom. The van der Waals surface area contributed by atoms with Crippen LogP contribution in [0.3, 0.4) is 0 Å². The van der Waals surface area contributed by atoms with E-state index in [0.717, 1.165) is 11.3 Å². The fourth-order valence-corrected chi connectivity index (χ4v) is 2.76. The summed E-state index contributed by atoms with van der Waals surface area (Å²) in [6.07, 6.45) is 0.620. The summed E-state index contributed by atoms with van der Waals surface area (Å²) in [5, 5.41) is 5.72. The minimum absolute atomic E-state index is 0.109. The fraction of sp³-hybridized carbons (Fsp3) is 0.263. The number of hydrogen-bond acceptors (Lipinski definition) is 3. The van der Waals surface area contributed by atoms with Crippen LogP contribution in [0.4, 0.5) is 16.2 Å². The minimum Gasteiger partial charge on any atom is -0.493 e. The molecule has 0 aliphatic carbocycles. The molecule has 0 aromatic heterocycles. The number of urea groups is 1. The lowest BCUT2D eigenvalue weighted by atomic mass is 9.92. The number of carbonyl (C=O) groups excluding carboxylic acids is 2. The normalized spacial score (nSPS) is 15.5. The van der Waals surface area contributed by atoms with Gasteiger partial charge in [-0.3, -0.25) is 4.79 Å². The van der Waals surface area contributed by atoms with Crippen LogP contribution < -0.4 is 15.4 Å². The Labute approximate surface area is 146 Å². The van der Waals surface area contributed by atoms with Crippen molar-refractivity contribution < 1.29 is 14.3 Å². The number of carbonyl (C=O) groups is 2. The van der Waals surface area contributed by atoms with Crippen molar-refractivity contribution >= 4 is 23.3 Å². The van der Waals surface area contributed by atoms with Gasteiger partial charge in [-0.2, -0.15) is 0 Å². The summed E-state index contributed by atoms with van der Waals surface area (Å²) in [6, 6.07) is 14.5. The monoisotopic (exact) mass is 339 g/mol. The van der Waals surface area contributed by atoms with Crippen molar-refractivity contribution in [3.63, 3.8) is 0 Å². The lowest BCUT2D eigenvalue weighted by Crippen LogP contribution is -2.29. The Bertz CT molecular complexity index is 789. The Morgan fingerprint density at radius 1 is 1.00 bits per heavy atom. The number of nitrogens with zero attached hydrogens (tertiary/aromatic N) is 1. The van der Waals surface area contributed by atoms with Crippen LogP contribution in [0.25, 0.3) is 0 Å². The molecule has 0 bridgehead atoms. The van der Waals surface area contributed by atoms with E-state index >= 15 is 0 Å². The highest BCUT2D eigenvalue weighted by Gasteiger charge is 2.27. The first kappa shape index (κ1) is 16.8. The van der Waals surface area contributed by atoms with Gasteiger partial charge in [0.1, 0.15) is 5.75 Å². The predicted molar refractivity (Wildman–Crippen MR) is 97.1 cm³/mol.